The third-order valence-corrected chi connectivity index (χ3v) is 4.85. The van der Waals surface area contributed by atoms with Gasteiger partial charge in [0.05, 0.1) is 22.5 Å². The summed E-state index contributed by atoms with van der Waals surface area (Å²) in [5.41, 5.74) is -0.413. The molecule has 2 rings (SSSR count). The zero-order valence-electron chi connectivity index (χ0n) is 16.0. The fraction of sp³-hybridized carbons (Fsp3) is 0.389. The molecule has 0 aromatic heterocycles. The van der Waals surface area contributed by atoms with Crippen LogP contribution in [0.5, 0.6) is 11.5 Å². The van der Waals surface area contributed by atoms with Crippen LogP contribution in [0.1, 0.15) is 32.8 Å². The number of benzene rings is 1. The van der Waals surface area contributed by atoms with Crippen LogP contribution in [-0.4, -0.2) is 51.3 Å². The van der Waals surface area contributed by atoms with E-state index >= 15 is 0 Å². The van der Waals surface area contributed by atoms with Gasteiger partial charge in [-0.15, -0.1) is 0 Å². The van der Waals surface area contributed by atoms with E-state index in [9.17, 15) is 29.6 Å². The van der Waals surface area contributed by atoms with Crippen molar-refractivity contribution in [1.29, 1.82) is 0 Å². The Morgan fingerprint density at radius 2 is 2.07 bits per heavy atom. The molecular weight excluding hydrogens is 404 g/mol. The number of nitro benzene ring substituents is 1. The largest absolute Gasteiger partial charge is 0.500 e. The van der Waals surface area contributed by atoms with Crippen molar-refractivity contribution >= 4 is 40.6 Å². The summed E-state index contributed by atoms with van der Waals surface area (Å²) in [4.78, 5) is 47.6. The van der Waals surface area contributed by atoms with Crippen LogP contribution in [0, 0.1) is 10.1 Å². The van der Waals surface area contributed by atoms with Crippen molar-refractivity contribution in [2.24, 2.45) is 0 Å². The van der Waals surface area contributed by atoms with Crippen LogP contribution in [0.15, 0.2) is 17.0 Å². The summed E-state index contributed by atoms with van der Waals surface area (Å²) < 4.78 is 10.3. The summed E-state index contributed by atoms with van der Waals surface area (Å²) in [5, 5.41) is 20.4. The second kappa shape index (κ2) is 9.41. The molecule has 1 heterocycles. The van der Waals surface area contributed by atoms with Gasteiger partial charge in [0.15, 0.2) is 5.75 Å². The number of imide groups is 1. The van der Waals surface area contributed by atoms with Crippen LogP contribution >= 0.6 is 11.8 Å². The number of carbonyl (C=O) groups is 3. The van der Waals surface area contributed by atoms with Gasteiger partial charge in [-0.2, -0.15) is 0 Å². The SMILES string of the molecule is CCOc1cc(/C=C2\SC(=O)N(CC(=O)O[C@@H](C)CC)C2=O)cc([N+](=O)[O-])c1O. The molecule has 29 heavy (non-hydrogen) atoms. The summed E-state index contributed by atoms with van der Waals surface area (Å²) in [6.07, 6.45) is 1.52. The smallest absolute Gasteiger partial charge is 0.326 e. The van der Waals surface area contributed by atoms with Crippen molar-refractivity contribution in [3.05, 3.63) is 32.7 Å². The monoisotopic (exact) mass is 424 g/mol. The number of nitro groups is 1. The number of ether oxygens (including phenoxy) is 2. The van der Waals surface area contributed by atoms with Gasteiger partial charge in [0.1, 0.15) is 6.54 Å². The van der Waals surface area contributed by atoms with Gasteiger partial charge < -0.3 is 14.6 Å². The topological polar surface area (TPSA) is 136 Å². The average Bonchev–Trinajstić information content (AvgIpc) is 2.91. The van der Waals surface area contributed by atoms with E-state index < -0.39 is 40.0 Å². The Labute approximate surface area is 170 Å². The molecule has 1 atom stereocenters. The van der Waals surface area contributed by atoms with Crippen LogP contribution in [0.25, 0.3) is 6.08 Å². The highest BCUT2D eigenvalue weighted by atomic mass is 32.2. The molecule has 0 bridgehead atoms. The molecule has 0 spiro atoms. The highest BCUT2D eigenvalue weighted by Gasteiger charge is 2.37. The molecule has 1 saturated heterocycles. The lowest BCUT2D eigenvalue weighted by molar-refractivity contribution is -0.386. The van der Waals surface area contributed by atoms with Crippen LogP contribution in [0.2, 0.25) is 0 Å². The number of amides is 2. The van der Waals surface area contributed by atoms with Crippen molar-refractivity contribution in [1.82, 2.24) is 4.90 Å². The summed E-state index contributed by atoms with van der Waals surface area (Å²) in [6.45, 7) is 4.80. The zero-order chi connectivity index (χ0) is 21.7. The molecule has 10 nitrogen and oxygen atoms in total. The molecule has 1 N–H and O–H groups in total. The summed E-state index contributed by atoms with van der Waals surface area (Å²) in [6, 6.07) is 2.38. The predicted octanol–water partition coefficient (Wildman–Crippen LogP) is 3.08. The fourth-order valence-corrected chi connectivity index (χ4v) is 3.20. The number of phenols is 1. The van der Waals surface area contributed by atoms with E-state index in [1.165, 1.54) is 12.1 Å². The maximum Gasteiger partial charge on any atom is 0.326 e. The number of carbonyl (C=O) groups excluding carboxylic acids is 3. The van der Waals surface area contributed by atoms with Crippen LogP contribution in [0.4, 0.5) is 10.5 Å². The third-order valence-electron chi connectivity index (χ3n) is 3.94. The number of rotatable bonds is 8. The summed E-state index contributed by atoms with van der Waals surface area (Å²) >= 11 is 0.599. The molecule has 11 heteroatoms. The molecule has 0 aliphatic carbocycles. The van der Waals surface area contributed by atoms with Crippen LogP contribution in [-0.2, 0) is 14.3 Å². The second-order valence-electron chi connectivity index (χ2n) is 6.05. The Kier molecular flexibility index (Phi) is 7.21. The van der Waals surface area contributed by atoms with E-state index in [-0.39, 0.29) is 28.9 Å². The van der Waals surface area contributed by atoms with Gasteiger partial charge >= 0.3 is 11.7 Å². The molecule has 0 radical (unpaired) electrons. The molecule has 0 unspecified atom stereocenters. The minimum atomic E-state index is -0.786. The fourth-order valence-electron chi connectivity index (χ4n) is 2.36. The summed E-state index contributed by atoms with van der Waals surface area (Å²) in [7, 11) is 0. The van der Waals surface area contributed by atoms with Crippen molar-refractivity contribution in [3.8, 4) is 11.5 Å². The first-order valence-electron chi connectivity index (χ1n) is 8.76. The third kappa shape index (κ3) is 5.25. The van der Waals surface area contributed by atoms with Gasteiger partial charge in [-0.1, -0.05) is 6.92 Å². The van der Waals surface area contributed by atoms with Gasteiger partial charge in [-0.25, -0.2) is 0 Å². The molecule has 1 aromatic carbocycles. The Morgan fingerprint density at radius 3 is 2.66 bits per heavy atom. The standard InChI is InChI=1S/C18H20N2O8S/c1-4-10(3)28-15(21)9-19-17(23)14(29-18(19)24)8-11-6-12(20(25)26)16(22)13(7-11)27-5-2/h6-8,10,22H,4-5,9H2,1-3H3/b14-8-/t10-/m0/s1. The highest BCUT2D eigenvalue weighted by Crippen LogP contribution is 2.39. The zero-order valence-corrected chi connectivity index (χ0v) is 16.9. The van der Waals surface area contributed by atoms with Crippen LogP contribution in [0.3, 0.4) is 0 Å². The lowest BCUT2D eigenvalue weighted by Crippen LogP contribution is -2.35. The normalized spacial score (nSPS) is 16.2. The quantitative estimate of drug-likeness (QED) is 0.289. The maximum atomic E-state index is 12.5. The highest BCUT2D eigenvalue weighted by molar-refractivity contribution is 8.18. The molecule has 2 amide bonds. The van der Waals surface area contributed by atoms with E-state index in [0.717, 1.165) is 11.0 Å². The van der Waals surface area contributed by atoms with Crippen molar-refractivity contribution < 1.29 is 33.9 Å². The van der Waals surface area contributed by atoms with Gasteiger partial charge in [0.25, 0.3) is 11.1 Å². The van der Waals surface area contributed by atoms with E-state index in [0.29, 0.717) is 18.2 Å². The van der Waals surface area contributed by atoms with Crippen molar-refractivity contribution in [3.63, 3.8) is 0 Å². The number of phenolic OH excluding ortho intramolecular Hbond substituents is 1. The van der Waals surface area contributed by atoms with Gasteiger partial charge in [-0.05, 0) is 49.7 Å². The Bertz CT molecular complexity index is 883. The summed E-state index contributed by atoms with van der Waals surface area (Å²) in [5.74, 6) is -2.17. The van der Waals surface area contributed by atoms with Gasteiger partial charge in [0.2, 0.25) is 5.75 Å². The number of nitrogens with zero attached hydrogens (tertiary/aromatic N) is 2. The Morgan fingerprint density at radius 1 is 1.38 bits per heavy atom. The minimum absolute atomic E-state index is 0.0197. The number of esters is 1. The number of hydrogen-bond acceptors (Lipinski definition) is 9. The maximum absolute atomic E-state index is 12.5. The number of hydrogen-bond donors (Lipinski definition) is 1. The molecule has 156 valence electrons. The average molecular weight is 424 g/mol. The first kappa shape index (κ1) is 22.2. The lowest BCUT2D eigenvalue weighted by atomic mass is 10.1. The lowest BCUT2D eigenvalue weighted by Gasteiger charge is -2.14. The van der Waals surface area contributed by atoms with Crippen molar-refractivity contribution in [2.45, 2.75) is 33.3 Å². The molecule has 1 aromatic rings. The first-order chi connectivity index (χ1) is 13.7. The predicted molar refractivity (Wildman–Crippen MR) is 104 cm³/mol. The molecule has 1 aliphatic heterocycles. The Hall–Kier alpha value is -3.08. The second-order valence-corrected chi connectivity index (χ2v) is 7.05. The van der Waals surface area contributed by atoms with Gasteiger partial charge in [0, 0.05) is 6.07 Å². The van der Waals surface area contributed by atoms with E-state index in [4.69, 9.17) is 9.47 Å². The molecule has 1 aliphatic rings. The van der Waals surface area contributed by atoms with Gasteiger partial charge in [-0.3, -0.25) is 29.4 Å². The first-order valence-corrected chi connectivity index (χ1v) is 9.58. The van der Waals surface area contributed by atoms with E-state index in [1.807, 2.05) is 6.92 Å². The molecular formula is C18H20N2O8S. The van der Waals surface area contributed by atoms with E-state index in [2.05, 4.69) is 0 Å². The van der Waals surface area contributed by atoms with E-state index in [1.54, 1.807) is 13.8 Å². The van der Waals surface area contributed by atoms with Crippen molar-refractivity contribution in [2.75, 3.05) is 13.2 Å². The molecule has 1 fully saturated rings. The van der Waals surface area contributed by atoms with Crippen LogP contribution < -0.4 is 4.74 Å². The Balaban J connectivity index is 2.29. The molecule has 0 saturated carbocycles. The number of thioether (sulfide) groups is 1. The number of aromatic hydroxyl groups is 1. The minimum Gasteiger partial charge on any atom is -0.500 e.